The Hall–Kier alpha value is -0.910. The molecule has 5 heteroatoms. The fourth-order valence-corrected chi connectivity index (χ4v) is 2.90. The molecule has 2 unspecified atom stereocenters. The summed E-state index contributed by atoms with van der Waals surface area (Å²) in [5, 5.41) is 19.8. The average Bonchev–Trinajstić information content (AvgIpc) is 3.05. The van der Waals surface area contributed by atoms with Gasteiger partial charge in [0, 0.05) is 19.0 Å². The number of aliphatic hydroxyl groups is 1. The van der Waals surface area contributed by atoms with E-state index in [9.17, 15) is 9.90 Å². The van der Waals surface area contributed by atoms with Crippen LogP contribution >= 0.6 is 11.3 Å². The quantitative estimate of drug-likeness (QED) is 0.731. The molecular formula is C13H20N2O2S. The van der Waals surface area contributed by atoms with Crippen molar-refractivity contribution in [3.05, 3.63) is 22.4 Å². The van der Waals surface area contributed by atoms with E-state index in [1.165, 1.54) is 12.8 Å². The van der Waals surface area contributed by atoms with Crippen LogP contribution in [0.25, 0.3) is 0 Å². The first-order valence-electron chi connectivity index (χ1n) is 6.46. The van der Waals surface area contributed by atoms with Crippen molar-refractivity contribution in [3.8, 4) is 0 Å². The number of amides is 1. The van der Waals surface area contributed by atoms with E-state index in [4.69, 9.17) is 0 Å². The van der Waals surface area contributed by atoms with Crippen LogP contribution in [0.5, 0.6) is 0 Å². The minimum Gasteiger partial charge on any atom is -0.387 e. The van der Waals surface area contributed by atoms with Gasteiger partial charge in [0.05, 0.1) is 6.10 Å². The average molecular weight is 268 g/mol. The molecule has 0 saturated carbocycles. The number of carbonyl (C=O) groups excluding carboxylic acids is 1. The molecule has 0 radical (unpaired) electrons. The number of carbonyl (C=O) groups is 1. The van der Waals surface area contributed by atoms with Crippen molar-refractivity contribution >= 4 is 17.2 Å². The van der Waals surface area contributed by atoms with Gasteiger partial charge in [-0.15, -0.1) is 0 Å². The van der Waals surface area contributed by atoms with E-state index >= 15 is 0 Å². The molecule has 18 heavy (non-hydrogen) atoms. The predicted octanol–water partition coefficient (Wildman–Crippen LogP) is 1.43. The first-order valence-corrected chi connectivity index (χ1v) is 7.40. The Labute approximate surface area is 111 Å². The maximum absolute atomic E-state index is 11.6. The van der Waals surface area contributed by atoms with Crippen LogP contribution in [0.4, 0.5) is 0 Å². The Morgan fingerprint density at radius 1 is 1.67 bits per heavy atom. The molecule has 1 aliphatic heterocycles. The molecule has 1 aromatic heterocycles. The second kappa shape index (κ2) is 6.87. The van der Waals surface area contributed by atoms with Crippen molar-refractivity contribution in [2.75, 3.05) is 13.1 Å². The summed E-state index contributed by atoms with van der Waals surface area (Å²) in [4.78, 5) is 11.6. The Balaban J connectivity index is 1.62. The summed E-state index contributed by atoms with van der Waals surface area (Å²) in [6.07, 6.45) is 3.22. The smallest absolute Gasteiger partial charge is 0.220 e. The third kappa shape index (κ3) is 4.08. The van der Waals surface area contributed by atoms with Crippen LogP contribution in [0.3, 0.4) is 0 Å². The molecule has 100 valence electrons. The molecule has 2 heterocycles. The lowest BCUT2D eigenvalue weighted by Crippen LogP contribution is -2.30. The predicted molar refractivity (Wildman–Crippen MR) is 72.5 cm³/mol. The van der Waals surface area contributed by atoms with E-state index in [-0.39, 0.29) is 5.91 Å². The van der Waals surface area contributed by atoms with Gasteiger partial charge in [-0.05, 0) is 48.2 Å². The Morgan fingerprint density at radius 2 is 2.56 bits per heavy atom. The van der Waals surface area contributed by atoms with Gasteiger partial charge in [-0.2, -0.15) is 11.3 Å². The normalized spacial score (nSPS) is 20.8. The molecule has 1 aromatic rings. The highest BCUT2D eigenvalue weighted by Gasteiger charge is 2.15. The van der Waals surface area contributed by atoms with Gasteiger partial charge in [0.15, 0.2) is 0 Å². The molecule has 1 saturated heterocycles. The summed E-state index contributed by atoms with van der Waals surface area (Å²) in [6, 6.07) is 2.38. The molecule has 0 aromatic carbocycles. The summed E-state index contributed by atoms with van der Waals surface area (Å²) in [6.45, 7) is 1.37. The third-order valence-electron chi connectivity index (χ3n) is 3.30. The molecule has 3 N–H and O–H groups in total. The van der Waals surface area contributed by atoms with E-state index in [2.05, 4.69) is 10.6 Å². The third-order valence-corrected chi connectivity index (χ3v) is 4.00. The van der Waals surface area contributed by atoms with Crippen LogP contribution in [0, 0.1) is 0 Å². The summed E-state index contributed by atoms with van der Waals surface area (Å²) in [5.74, 6) is 0.0259. The summed E-state index contributed by atoms with van der Waals surface area (Å²) in [5.41, 5.74) is 0.873. The lowest BCUT2D eigenvalue weighted by atomic mass is 10.1. The number of rotatable bonds is 6. The van der Waals surface area contributed by atoms with Gasteiger partial charge in [-0.1, -0.05) is 0 Å². The zero-order chi connectivity index (χ0) is 12.8. The lowest BCUT2D eigenvalue weighted by Gasteiger charge is -2.12. The van der Waals surface area contributed by atoms with Crippen molar-refractivity contribution in [3.63, 3.8) is 0 Å². The summed E-state index contributed by atoms with van der Waals surface area (Å²) in [7, 11) is 0. The van der Waals surface area contributed by atoms with Gasteiger partial charge in [0.25, 0.3) is 0 Å². The van der Waals surface area contributed by atoms with Gasteiger partial charge >= 0.3 is 0 Å². The van der Waals surface area contributed by atoms with Crippen molar-refractivity contribution in [2.45, 2.75) is 37.8 Å². The van der Waals surface area contributed by atoms with Gasteiger partial charge in [-0.3, -0.25) is 4.79 Å². The molecule has 1 aliphatic rings. The Bertz CT molecular complexity index is 361. The van der Waals surface area contributed by atoms with E-state index < -0.39 is 6.10 Å². The second-order valence-corrected chi connectivity index (χ2v) is 5.49. The van der Waals surface area contributed by atoms with Crippen molar-refractivity contribution in [1.29, 1.82) is 0 Å². The minimum absolute atomic E-state index is 0.0259. The van der Waals surface area contributed by atoms with Crippen LogP contribution in [0.2, 0.25) is 0 Å². The molecule has 4 nitrogen and oxygen atoms in total. The highest BCUT2D eigenvalue weighted by molar-refractivity contribution is 7.07. The molecule has 0 bridgehead atoms. The van der Waals surface area contributed by atoms with Crippen molar-refractivity contribution in [2.24, 2.45) is 0 Å². The molecule has 0 aliphatic carbocycles. The standard InChI is InChI=1S/C13H20N2O2S/c16-12(10-5-7-18-9-10)8-15-13(17)4-3-11-2-1-6-14-11/h5,7,9,11-12,14,16H,1-4,6,8H2,(H,15,17). The Morgan fingerprint density at radius 3 is 3.22 bits per heavy atom. The topological polar surface area (TPSA) is 61.4 Å². The van der Waals surface area contributed by atoms with Gasteiger partial charge < -0.3 is 15.7 Å². The number of aliphatic hydroxyl groups excluding tert-OH is 1. The van der Waals surface area contributed by atoms with Crippen LogP contribution in [0.1, 0.15) is 37.4 Å². The first kappa shape index (κ1) is 13.5. The molecule has 1 amide bonds. The summed E-state index contributed by atoms with van der Waals surface area (Å²) >= 11 is 1.55. The number of hydrogen-bond donors (Lipinski definition) is 3. The first-order chi connectivity index (χ1) is 8.75. The molecule has 0 spiro atoms. The van der Waals surface area contributed by atoms with E-state index in [0.29, 0.717) is 19.0 Å². The second-order valence-electron chi connectivity index (χ2n) is 4.71. The maximum atomic E-state index is 11.6. The van der Waals surface area contributed by atoms with E-state index in [1.54, 1.807) is 11.3 Å². The fourth-order valence-electron chi connectivity index (χ4n) is 2.19. The monoisotopic (exact) mass is 268 g/mol. The largest absolute Gasteiger partial charge is 0.387 e. The number of hydrogen-bond acceptors (Lipinski definition) is 4. The Kier molecular flexibility index (Phi) is 5.16. The van der Waals surface area contributed by atoms with E-state index in [0.717, 1.165) is 18.5 Å². The highest BCUT2D eigenvalue weighted by atomic mass is 32.1. The molecule has 2 rings (SSSR count). The maximum Gasteiger partial charge on any atom is 0.220 e. The highest BCUT2D eigenvalue weighted by Crippen LogP contribution is 2.15. The number of thiophene rings is 1. The van der Waals surface area contributed by atoms with Crippen molar-refractivity contribution in [1.82, 2.24) is 10.6 Å². The van der Waals surface area contributed by atoms with Crippen LogP contribution in [0.15, 0.2) is 16.8 Å². The van der Waals surface area contributed by atoms with Gasteiger partial charge in [0.2, 0.25) is 5.91 Å². The fraction of sp³-hybridized carbons (Fsp3) is 0.615. The molecule has 1 fully saturated rings. The van der Waals surface area contributed by atoms with Crippen LogP contribution in [-0.2, 0) is 4.79 Å². The zero-order valence-corrected chi connectivity index (χ0v) is 11.2. The van der Waals surface area contributed by atoms with Crippen LogP contribution in [-0.4, -0.2) is 30.1 Å². The van der Waals surface area contributed by atoms with E-state index in [1.807, 2.05) is 16.8 Å². The van der Waals surface area contributed by atoms with Gasteiger partial charge in [-0.25, -0.2) is 0 Å². The molecule has 2 atom stereocenters. The van der Waals surface area contributed by atoms with Crippen molar-refractivity contribution < 1.29 is 9.90 Å². The van der Waals surface area contributed by atoms with Crippen LogP contribution < -0.4 is 10.6 Å². The number of nitrogens with one attached hydrogen (secondary N) is 2. The zero-order valence-electron chi connectivity index (χ0n) is 10.4. The summed E-state index contributed by atoms with van der Waals surface area (Å²) < 4.78 is 0. The van der Waals surface area contributed by atoms with Gasteiger partial charge in [0.1, 0.15) is 0 Å². The molecular weight excluding hydrogens is 248 g/mol. The lowest BCUT2D eigenvalue weighted by molar-refractivity contribution is -0.121. The SMILES string of the molecule is O=C(CCC1CCCN1)NCC(O)c1ccsc1. The minimum atomic E-state index is -0.593.